The van der Waals surface area contributed by atoms with E-state index in [1.807, 2.05) is 11.8 Å². The number of thioether (sulfide) groups is 1. The SMILES string of the molecule is CCCNc1nc(SC2COC2)c2cc(C)sc2n1. The second kappa shape index (κ2) is 5.64. The van der Waals surface area contributed by atoms with E-state index in [-0.39, 0.29) is 0 Å². The van der Waals surface area contributed by atoms with Gasteiger partial charge in [0.15, 0.2) is 0 Å². The zero-order valence-electron chi connectivity index (χ0n) is 11.1. The van der Waals surface area contributed by atoms with Gasteiger partial charge in [-0.1, -0.05) is 18.7 Å². The second-order valence-corrected chi connectivity index (χ2v) is 7.16. The molecular formula is C13H17N3OS2. The van der Waals surface area contributed by atoms with Gasteiger partial charge in [-0.2, -0.15) is 0 Å². The predicted octanol–water partition coefficient (Wildman–Crippen LogP) is 3.31. The van der Waals surface area contributed by atoms with E-state index in [1.165, 1.54) is 10.3 Å². The molecule has 19 heavy (non-hydrogen) atoms. The van der Waals surface area contributed by atoms with Gasteiger partial charge >= 0.3 is 0 Å². The summed E-state index contributed by atoms with van der Waals surface area (Å²) in [4.78, 5) is 11.6. The van der Waals surface area contributed by atoms with E-state index in [0.717, 1.165) is 42.0 Å². The summed E-state index contributed by atoms with van der Waals surface area (Å²) in [5.74, 6) is 0.749. The first-order valence-electron chi connectivity index (χ1n) is 6.52. The number of ether oxygens (including phenoxy) is 1. The molecule has 1 aliphatic heterocycles. The van der Waals surface area contributed by atoms with Crippen molar-refractivity contribution in [1.29, 1.82) is 0 Å². The maximum absolute atomic E-state index is 5.24. The molecule has 0 saturated carbocycles. The van der Waals surface area contributed by atoms with Crippen molar-refractivity contribution in [2.45, 2.75) is 30.5 Å². The first kappa shape index (κ1) is 13.1. The van der Waals surface area contributed by atoms with Crippen LogP contribution in [-0.2, 0) is 4.74 Å². The highest BCUT2D eigenvalue weighted by molar-refractivity contribution is 8.00. The second-order valence-electron chi connectivity index (χ2n) is 4.63. The molecule has 0 atom stereocenters. The van der Waals surface area contributed by atoms with Crippen LogP contribution < -0.4 is 5.32 Å². The van der Waals surface area contributed by atoms with E-state index in [4.69, 9.17) is 4.74 Å². The number of fused-ring (bicyclic) bond motifs is 1. The van der Waals surface area contributed by atoms with Crippen LogP contribution in [0.5, 0.6) is 0 Å². The molecular weight excluding hydrogens is 278 g/mol. The Hall–Kier alpha value is -0.850. The first-order valence-corrected chi connectivity index (χ1v) is 8.22. The highest BCUT2D eigenvalue weighted by Gasteiger charge is 2.22. The number of nitrogens with zero attached hydrogens (tertiary/aromatic N) is 2. The number of anilines is 1. The summed E-state index contributed by atoms with van der Waals surface area (Å²) >= 11 is 3.54. The maximum atomic E-state index is 5.24. The third kappa shape index (κ3) is 2.85. The molecule has 6 heteroatoms. The van der Waals surface area contributed by atoms with E-state index in [1.54, 1.807) is 11.3 Å². The Morgan fingerprint density at radius 2 is 2.32 bits per heavy atom. The Kier molecular flexibility index (Phi) is 3.91. The summed E-state index contributed by atoms with van der Waals surface area (Å²) in [6.07, 6.45) is 1.07. The third-order valence-electron chi connectivity index (χ3n) is 2.90. The van der Waals surface area contributed by atoms with Gasteiger partial charge in [0.25, 0.3) is 0 Å². The molecule has 0 radical (unpaired) electrons. The standard InChI is InChI=1S/C13H17N3OS2/c1-3-4-14-13-15-11-10(5-8(2)18-11)12(16-13)19-9-6-17-7-9/h5,9H,3-4,6-7H2,1-2H3,(H,14,15,16). The smallest absolute Gasteiger partial charge is 0.225 e. The molecule has 102 valence electrons. The number of hydrogen-bond acceptors (Lipinski definition) is 6. The Bertz CT molecular complexity index is 581. The van der Waals surface area contributed by atoms with Gasteiger partial charge in [0.1, 0.15) is 9.86 Å². The van der Waals surface area contributed by atoms with Gasteiger partial charge in [0.05, 0.1) is 18.5 Å². The Morgan fingerprint density at radius 1 is 1.47 bits per heavy atom. The first-order chi connectivity index (χ1) is 9.26. The van der Waals surface area contributed by atoms with Crippen LogP contribution in [0.4, 0.5) is 5.95 Å². The van der Waals surface area contributed by atoms with Gasteiger partial charge in [-0.25, -0.2) is 9.97 Å². The van der Waals surface area contributed by atoms with Crippen molar-refractivity contribution < 1.29 is 4.74 Å². The van der Waals surface area contributed by atoms with E-state index in [9.17, 15) is 0 Å². The van der Waals surface area contributed by atoms with Crippen LogP contribution in [0.3, 0.4) is 0 Å². The zero-order chi connectivity index (χ0) is 13.2. The molecule has 1 N–H and O–H groups in total. The van der Waals surface area contributed by atoms with Crippen molar-refractivity contribution in [3.63, 3.8) is 0 Å². The lowest BCUT2D eigenvalue weighted by molar-refractivity contribution is 0.0455. The van der Waals surface area contributed by atoms with Crippen LogP contribution in [0.1, 0.15) is 18.2 Å². The van der Waals surface area contributed by atoms with Crippen molar-refractivity contribution in [2.75, 3.05) is 25.1 Å². The van der Waals surface area contributed by atoms with E-state index in [0.29, 0.717) is 5.25 Å². The molecule has 0 aromatic carbocycles. The number of nitrogens with one attached hydrogen (secondary N) is 1. The molecule has 4 nitrogen and oxygen atoms in total. The van der Waals surface area contributed by atoms with Gasteiger partial charge in [-0.05, 0) is 19.4 Å². The molecule has 2 aromatic rings. The Morgan fingerprint density at radius 3 is 3.00 bits per heavy atom. The number of rotatable bonds is 5. The predicted molar refractivity (Wildman–Crippen MR) is 81.4 cm³/mol. The summed E-state index contributed by atoms with van der Waals surface area (Å²) in [7, 11) is 0. The molecule has 0 unspecified atom stereocenters. The zero-order valence-corrected chi connectivity index (χ0v) is 12.7. The van der Waals surface area contributed by atoms with E-state index < -0.39 is 0 Å². The Labute approximate surface area is 121 Å². The largest absolute Gasteiger partial charge is 0.379 e. The average Bonchev–Trinajstić information content (AvgIpc) is 2.71. The van der Waals surface area contributed by atoms with Gasteiger partial charge in [-0.15, -0.1) is 11.3 Å². The van der Waals surface area contributed by atoms with Crippen LogP contribution in [-0.4, -0.2) is 35.0 Å². The van der Waals surface area contributed by atoms with Crippen molar-refractivity contribution >= 4 is 39.3 Å². The van der Waals surface area contributed by atoms with Crippen molar-refractivity contribution in [3.05, 3.63) is 10.9 Å². The van der Waals surface area contributed by atoms with Crippen molar-refractivity contribution in [2.24, 2.45) is 0 Å². The van der Waals surface area contributed by atoms with Gasteiger partial charge in [0.2, 0.25) is 5.95 Å². The summed E-state index contributed by atoms with van der Waals surface area (Å²) in [5, 5.41) is 6.09. The molecule has 0 aliphatic carbocycles. The molecule has 1 fully saturated rings. The summed E-state index contributed by atoms with van der Waals surface area (Å²) in [5.41, 5.74) is 0. The lowest BCUT2D eigenvalue weighted by atomic mass is 10.4. The van der Waals surface area contributed by atoms with Crippen LogP contribution in [0.15, 0.2) is 11.1 Å². The van der Waals surface area contributed by atoms with Crippen LogP contribution in [0, 0.1) is 6.92 Å². The maximum Gasteiger partial charge on any atom is 0.225 e. The fraction of sp³-hybridized carbons (Fsp3) is 0.538. The number of aromatic nitrogens is 2. The van der Waals surface area contributed by atoms with E-state index >= 15 is 0 Å². The van der Waals surface area contributed by atoms with Gasteiger partial charge < -0.3 is 10.1 Å². The molecule has 1 aliphatic rings. The fourth-order valence-electron chi connectivity index (χ4n) is 1.86. The van der Waals surface area contributed by atoms with Crippen LogP contribution in [0.2, 0.25) is 0 Å². The fourth-order valence-corrected chi connectivity index (χ4v) is 3.87. The number of aryl methyl sites for hydroxylation is 1. The summed E-state index contributed by atoms with van der Waals surface area (Å²) in [6, 6.07) is 2.19. The molecule has 1 saturated heterocycles. The molecule has 0 amide bonds. The van der Waals surface area contributed by atoms with Crippen molar-refractivity contribution in [1.82, 2.24) is 9.97 Å². The van der Waals surface area contributed by atoms with Crippen LogP contribution in [0.25, 0.3) is 10.2 Å². The highest BCUT2D eigenvalue weighted by Crippen LogP contribution is 2.35. The lowest BCUT2D eigenvalue weighted by Crippen LogP contribution is -2.30. The lowest BCUT2D eigenvalue weighted by Gasteiger charge is -2.25. The minimum atomic E-state index is 0.539. The van der Waals surface area contributed by atoms with E-state index in [2.05, 4.69) is 35.2 Å². The molecule has 0 bridgehead atoms. The minimum absolute atomic E-state index is 0.539. The Balaban J connectivity index is 1.94. The normalized spacial score (nSPS) is 15.7. The third-order valence-corrected chi connectivity index (χ3v) is 4.98. The average molecular weight is 295 g/mol. The summed E-state index contributed by atoms with van der Waals surface area (Å²) in [6.45, 7) is 6.83. The highest BCUT2D eigenvalue weighted by atomic mass is 32.2. The van der Waals surface area contributed by atoms with Crippen LogP contribution >= 0.6 is 23.1 Å². The van der Waals surface area contributed by atoms with Crippen molar-refractivity contribution in [3.8, 4) is 0 Å². The number of hydrogen-bond donors (Lipinski definition) is 1. The van der Waals surface area contributed by atoms with Gasteiger partial charge in [-0.3, -0.25) is 0 Å². The van der Waals surface area contributed by atoms with Gasteiger partial charge in [0, 0.05) is 16.8 Å². The molecule has 2 aromatic heterocycles. The quantitative estimate of drug-likeness (QED) is 0.858. The summed E-state index contributed by atoms with van der Waals surface area (Å²) < 4.78 is 5.24. The minimum Gasteiger partial charge on any atom is -0.379 e. The topological polar surface area (TPSA) is 47.0 Å². The molecule has 0 spiro atoms. The monoisotopic (exact) mass is 295 g/mol. The molecule has 3 rings (SSSR count). The molecule has 3 heterocycles. The number of thiophene rings is 1.